The van der Waals surface area contributed by atoms with Crippen LogP contribution in [0.25, 0.3) is 0 Å². The summed E-state index contributed by atoms with van der Waals surface area (Å²) in [7, 11) is 0. The van der Waals surface area contributed by atoms with Crippen molar-refractivity contribution in [1.82, 2.24) is 0 Å². The Hall–Kier alpha value is -0.660. The van der Waals surface area contributed by atoms with Crippen LogP contribution in [0.2, 0.25) is 0 Å². The van der Waals surface area contributed by atoms with E-state index in [0.717, 1.165) is 57.8 Å². The fourth-order valence-corrected chi connectivity index (χ4v) is 3.31. The van der Waals surface area contributed by atoms with E-state index in [0.29, 0.717) is 17.5 Å². The first kappa shape index (κ1) is 18.4. The Morgan fingerprint density at radius 3 is 2.19 bits per heavy atom. The molecule has 0 radical (unpaired) electrons. The Bertz CT molecular complexity index is 296. The van der Waals surface area contributed by atoms with Crippen molar-refractivity contribution in [3.8, 4) is 0 Å². The fraction of sp³-hybridized carbons (Fsp3) is 0.895. The molecule has 1 atom stereocenters. The zero-order valence-corrected chi connectivity index (χ0v) is 14.0. The summed E-state index contributed by atoms with van der Waals surface area (Å²) in [5.41, 5.74) is 0. The largest absolute Gasteiger partial charge is 0.300 e. The number of hydrogen-bond acceptors (Lipinski definition) is 2. The normalized spacial score (nSPS) is 18.3. The number of Topliss-reactive ketones (excluding diaryl/α,β-unsaturated/α-hetero) is 2. The molecule has 1 saturated carbocycles. The second kappa shape index (κ2) is 11.9. The predicted molar refractivity (Wildman–Crippen MR) is 88.4 cm³/mol. The van der Waals surface area contributed by atoms with Crippen LogP contribution < -0.4 is 0 Å². The molecule has 0 spiro atoms. The van der Waals surface area contributed by atoms with Crippen LogP contribution in [0.3, 0.4) is 0 Å². The fourth-order valence-electron chi connectivity index (χ4n) is 3.31. The average molecular weight is 294 g/mol. The van der Waals surface area contributed by atoms with Crippen molar-refractivity contribution in [3.05, 3.63) is 0 Å². The molecule has 0 heterocycles. The maximum Gasteiger partial charge on any atom is 0.135 e. The zero-order chi connectivity index (χ0) is 15.3. The second-order valence-corrected chi connectivity index (χ2v) is 6.71. The molecule has 2 nitrogen and oxygen atoms in total. The van der Waals surface area contributed by atoms with E-state index in [1.165, 1.54) is 38.5 Å². The number of hydrogen-bond donors (Lipinski definition) is 0. The lowest BCUT2D eigenvalue weighted by Crippen LogP contribution is -2.06. The standard InChI is InChI=1S/C19H34O2/c1-2-3-4-5-6-7-8-14-18(20)15-10-9-12-17-13-11-16-19(17)21/h17H,2-16H2,1H3. The minimum Gasteiger partial charge on any atom is -0.300 e. The summed E-state index contributed by atoms with van der Waals surface area (Å²) in [6, 6.07) is 0. The van der Waals surface area contributed by atoms with Gasteiger partial charge in [0.25, 0.3) is 0 Å². The molecule has 2 heteroatoms. The number of unbranched alkanes of at least 4 members (excludes halogenated alkanes) is 7. The molecule has 122 valence electrons. The van der Waals surface area contributed by atoms with Crippen LogP contribution in [0.1, 0.15) is 103 Å². The topological polar surface area (TPSA) is 34.1 Å². The highest BCUT2D eigenvalue weighted by molar-refractivity contribution is 5.82. The molecular formula is C19H34O2. The van der Waals surface area contributed by atoms with Gasteiger partial charge in [-0.05, 0) is 32.1 Å². The molecule has 0 bridgehead atoms. The van der Waals surface area contributed by atoms with E-state index >= 15 is 0 Å². The van der Waals surface area contributed by atoms with Gasteiger partial charge in [-0.3, -0.25) is 9.59 Å². The van der Waals surface area contributed by atoms with E-state index in [1.807, 2.05) is 0 Å². The number of ketones is 2. The van der Waals surface area contributed by atoms with Gasteiger partial charge in [-0.2, -0.15) is 0 Å². The lowest BCUT2D eigenvalue weighted by atomic mass is 9.97. The van der Waals surface area contributed by atoms with Crippen LogP contribution in [0, 0.1) is 5.92 Å². The van der Waals surface area contributed by atoms with Gasteiger partial charge >= 0.3 is 0 Å². The second-order valence-electron chi connectivity index (χ2n) is 6.71. The van der Waals surface area contributed by atoms with Crippen molar-refractivity contribution in [2.45, 2.75) is 103 Å². The van der Waals surface area contributed by atoms with E-state index < -0.39 is 0 Å². The molecule has 1 aliphatic carbocycles. The van der Waals surface area contributed by atoms with Crippen LogP contribution in [0.5, 0.6) is 0 Å². The molecule has 21 heavy (non-hydrogen) atoms. The minimum absolute atomic E-state index is 0.322. The van der Waals surface area contributed by atoms with Crippen molar-refractivity contribution in [1.29, 1.82) is 0 Å². The summed E-state index contributed by atoms with van der Waals surface area (Å²) in [4.78, 5) is 23.3. The van der Waals surface area contributed by atoms with Crippen molar-refractivity contribution in [2.75, 3.05) is 0 Å². The first-order chi connectivity index (χ1) is 10.2. The first-order valence-electron chi connectivity index (χ1n) is 9.28. The summed E-state index contributed by atoms with van der Waals surface area (Å²) in [5.74, 6) is 1.22. The van der Waals surface area contributed by atoms with Crippen LogP contribution in [-0.4, -0.2) is 11.6 Å². The molecule has 0 saturated heterocycles. The lowest BCUT2D eigenvalue weighted by Gasteiger charge is -2.07. The maximum atomic E-state index is 11.8. The van der Waals surface area contributed by atoms with Gasteiger partial charge in [-0.1, -0.05) is 51.9 Å². The van der Waals surface area contributed by atoms with Gasteiger partial charge < -0.3 is 0 Å². The Labute approximate surface area is 131 Å². The molecule has 0 aliphatic heterocycles. The van der Waals surface area contributed by atoms with Crippen molar-refractivity contribution < 1.29 is 9.59 Å². The van der Waals surface area contributed by atoms with Gasteiger partial charge in [-0.25, -0.2) is 0 Å². The molecule has 1 rings (SSSR count). The third-order valence-corrected chi connectivity index (χ3v) is 4.75. The van der Waals surface area contributed by atoms with Gasteiger partial charge in [0, 0.05) is 25.2 Å². The number of rotatable bonds is 13. The maximum absolute atomic E-state index is 11.8. The summed E-state index contributed by atoms with van der Waals surface area (Å²) in [6.07, 6.45) is 16.4. The minimum atomic E-state index is 0.322. The van der Waals surface area contributed by atoms with Gasteiger partial charge in [0.15, 0.2) is 0 Å². The van der Waals surface area contributed by atoms with Crippen LogP contribution >= 0.6 is 0 Å². The van der Waals surface area contributed by atoms with E-state index in [1.54, 1.807) is 0 Å². The van der Waals surface area contributed by atoms with Gasteiger partial charge in [0.1, 0.15) is 11.6 Å². The summed E-state index contributed by atoms with van der Waals surface area (Å²) >= 11 is 0. The van der Waals surface area contributed by atoms with E-state index in [-0.39, 0.29) is 0 Å². The third kappa shape index (κ3) is 9.06. The van der Waals surface area contributed by atoms with Crippen molar-refractivity contribution >= 4 is 11.6 Å². The Kier molecular flexibility index (Phi) is 10.5. The Balaban J connectivity index is 1.86. The van der Waals surface area contributed by atoms with E-state index in [2.05, 4.69) is 6.92 Å². The predicted octanol–water partition coefficient (Wildman–Crippen LogP) is 5.63. The quantitative estimate of drug-likeness (QED) is 0.413. The molecule has 1 unspecified atom stereocenters. The van der Waals surface area contributed by atoms with Crippen LogP contribution in [0.4, 0.5) is 0 Å². The molecule has 1 fully saturated rings. The van der Waals surface area contributed by atoms with E-state index in [4.69, 9.17) is 0 Å². The highest BCUT2D eigenvalue weighted by atomic mass is 16.1. The van der Waals surface area contributed by atoms with Gasteiger partial charge in [0.05, 0.1) is 0 Å². The molecular weight excluding hydrogens is 260 g/mol. The number of carbonyl (C=O) groups is 2. The van der Waals surface area contributed by atoms with Crippen molar-refractivity contribution in [3.63, 3.8) is 0 Å². The van der Waals surface area contributed by atoms with Crippen LogP contribution in [0.15, 0.2) is 0 Å². The zero-order valence-electron chi connectivity index (χ0n) is 14.0. The molecule has 0 N–H and O–H groups in total. The molecule has 1 aliphatic rings. The SMILES string of the molecule is CCCCCCCCCC(=O)CCCCC1CCCC1=O. The molecule has 0 amide bonds. The monoisotopic (exact) mass is 294 g/mol. The highest BCUT2D eigenvalue weighted by Gasteiger charge is 2.23. The van der Waals surface area contributed by atoms with E-state index in [9.17, 15) is 9.59 Å². The smallest absolute Gasteiger partial charge is 0.135 e. The average Bonchev–Trinajstić information content (AvgIpc) is 2.88. The van der Waals surface area contributed by atoms with Crippen LogP contribution in [-0.2, 0) is 9.59 Å². The van der Waals surface area contributed by atoms with Gasteiger partial charge in [0.2, 0.25) is 0 Å². The van der Waals surface area contributed by atoms with Crippen molar-refractivity contribution in [2.24, 2.45) is 5.92 Å². The molecule has 0 aromatic rings. The Morgan fingerprint density at radius 2 is 1.57 bits per heavy atom. The summed E-state index contributed by atoms with van der Waals surface area (Å²) < 4.78 is 0. The van der Waals surface area contributed by atoms with Gasteiger partial charge in [-0.15, -0.1) is 0 Å². The molecule has 0 aromatic carbocycles. The Morgan fingerprint density at radius 1 is 0.952 bits per heavy atom. The summed E-state index contributed by atoms with van der Waals surface area (Å²) in [6.45, 7) is 2.24. The first-order valence-corrected chi connectivity index (χ1v) is 9.28. The summed E-state index contributed by atoms with van der Waals surface area (Å²) in [5, 5.41) is 0. The molecule has 0 aromatic heterocycles. The lowest BCUT2D eigenvalue weighted by molar-refractivity contribution is -0.120. The third-order valence-electron chi connectivity index (χ3n) is 4.75. The number of carbonyl (C=O) groups excluding carboxylic acids is 2. The highest BCUT2D eigenvalue weighted by Crippen LogP contribution is 2.26.